The van der Waals surface area contributed by atoms with E-state index in [9.17, 15) is 4.79 Å². The highest BCUT2D eigenvalue weighted by atomic mass is 16.5. The predicted molar refractivity (Wildman–Crippen MR) is 63.6 cm³/mol. The van der Waals surface area contributed by atoms with E-state index in [-0.39, 0.29) is 5.78 Å². The monoisotopic (exact) mass is 208 g/mol. The quantitative estimate of drug-likeness (QED) is 0.708. The number of hydrogen-bond donors (Lipinski definition) is 0. The molecule has 0 aliphatic carbocycles. The molecule has 0 aliphatic heterocycles. The van der Waals surface area contributed by atoms with Crippen LogP contribution >= 0.6 is 0 Å². The lowest BCUT2D eigenvalue weighted by atomic mass is 10.1. The summed E-state index contributed by atoms with van der Waals surface area (Å²) >= 11 is 0. The van der Waals surface area contributed by atoms with Crippen LogP contribution in [0.5, 0.6) is 5.75 Å². The lowest BCUT2D eigenvalue weighted by Gasteiger charge is -2.01. The van der Waals surface area contributed by atoms with Crippen molar-refractivity contribution in [3.05, 3.63) is 29.8 Å². The first-order valence-electron chi connectivity index (χ1n) is 5.36. The second kappa shape index (κ2) is 8.04. The minimum atomic E-state index is 0.147. The van der Waals surface area contributed by atoms with E-state index in [0.29, 0.717) is 6.42 Å². The minimum absolute atomic E-state index is 0.147. The lowest BCUT2D eigenvalue weighted by molar-refractivity contribution is 0.0988. The summed E-state index contributed by atoms with van der Waals surface area (Å²) in [5, 5.41) is 0. The molecule has 0 unspecified atom stereocenters. The maximum Gasteiger partial charge on any atom is 0.162 e. The maximum atomic E-state index is 11.2. The molecule has 2 nitrogen and oxygen atoms in total. The highest BCUT2D eigenvalue weighted by Gasteiger charge is 2.02. The van der Waals surface area contributed by atoms with Crippen LogP contribution in [-0.2, 0) is 0 Å². The topological polar surface area (TPSA) is 26.3 Å². The molecular formula is C13H20O2. The second-order valence-electron chi connectivity index (χ2n) is 3.22. The fourth-order valence-electron chi connectivity index (χ4n) is 1.00. The molecule has 0 aliphatic rings. The summed E-state index contributed by atoms with van der Waals surface area (Å²) in [6.07, 6.45) is 1.78. The minimum Gasteiger partial charge on any atom is -0.497 e. The smallest absolute Gasteiger partial charge is 0.162 e. The Labute approximate surface area is 92.3 Å². The highest BCUT2D eigenvalue weighted by Crippen LogP contribution is 2.13. The molecule has 2 heteroatoms. The molecule has 15 heavy (non-hydrogen) atoms. The molecular weight excluding hydrogens is 188 g/mol. The van der Waals surface area contributed by atoms with Crippen molar-refractivity contribution in [3.8, 4) is 5.75 Å². The Morgan fingerprint density at radius 1 is 1.27 bits per heavy atom. The van der Waals surface area contributed by atoms with Gasteiger partial charge in [-0.2, -0.15) is 0 Å². The van der Waals surface area contributed by atoms with Gasteiger partial charge in [-0.1, -0.05) is 39.3 Å². The molecule has 0 spiro atoms. The average molecular weight is 208 g/mol. The van der Waals surface area contributed by atoms with Gasteiger partial charge in [0, 0.05) is 12.0 Å². The molecule has 0 N–H and O–H groups in total. The number of carbonyl (C=O) groups is 1. The third kappa shape index (κ3) is 5.21. The Balaban J connectivity index is 0.000000583. The van der Waals surface area contributed by atoms with Crippen molar-refractivity contribution >= 4 is 5.78 Å². The Morgan fingerprint density at radius 3 is 2.33 bits per heavy atom. The number of ketones is 1. The van der Waals surface area contributed by atoms with Crippen molar-refractivity contribution < 1.29 is 9.53 Å². The van der Waals surface area contributed by atoms with Crippen LogP contribution in [0.25, 0.3) is 0 Å². The summed E-state index contributed by atoms with van der Waals surface area (Å²) in [6, 6.07) is 7.20. The fraction of sp³-hybridized carbons (Fsp3) is 0.462. The molecule has 84 valence electrons. The standard InChI is InChI=1S/C10H12O2.C3H8/c1-3-10(11)8-5-4-6-9(7-8)12-2;1-3-2/h4-7H,3H2,1-2H3;3H2,1-2H3. The zero-order valence-corrected chi connectivity index (χ0v) is 10.0. The van der Waals surface area contributed by atoms with Gasteiger partial charge >= 0.3 is 0 Å². The van der Waals surface area contributed by atoms with Crippen LogP contribution in [0.3, 0.4) is 0 Å². The van der Waals surface area contributed by atoms with E-state index < -0.39 is 0 Å². The van der Waals surface area contributed by atoms with Gasteiger partial charge in [-0.15, -0.1) is 0 Å². The van der Waals surface area contributed by atoms with E-state index in [4.69, 9.17) is 4.74 Å². The third-order valence-electron chi connectivity index (χ3n) is 1.71. The van der Waals surface area contributed by atoms with Crippen LogP contribution in [-0.4, -0.2) is 12.9 Å². The lowest BCUT2D eigenvalue weighted by Crippen LogP contribution is -1.96. The largest absolute Gasteiger partial charge is 0.497 e. The zero-order chi connectivity index (χ0) is 11.7. The van der Waals surface area contributed by atoms with Crippen LogP contribution in [0, 0.1) is 0 Å². The third-order valence-corrected chi connectivity index (χ3v) is 1.71. The summed E-state index contributed by atoms with van der Waals surface area (Å²) in [7, 11) is 1.59. The number of methoxy groups -OCH3 is 1. The Morgan fingerprint density at radius 2 is 1.87 bits per heavy atom. The number of benzene rings is 1. The van der Waals surface area contributed by atoms with Crippen molar-refractivity contribution in [1.29, 1.82) is 0 Å². The summed E-state index contributed by atoms with van der Waals surface area (Å²) in [6.45, 7) is 6.10. The average Bonchev–Trinajstić information content (AvgIpc) is 2.29. The van der Waals surface area contributed by atoms with Gasteiger partial charge in [0.25, 0.3) is 0 Å². The summed E-state index contributed by atoms with van der Waals surface area (Å²) < 4.78 is 5.00. The van der Waals surface area contributed by atoms with Crippen molar-refractivity contribution in [3.63, 3.8) is 0 Å². The van der Waals surface area contributed by atoms with Crippen LogP contribution < -0.4 is 4.74 Å². The van der Waals surface area contributed by atoms with Crippen molar-refractivity contribution in [2.45, 2.75) is 33.6 Å². The Bertz CT molecular complexity index is 292. The van der Waals surface area contributed by atoms with Crippen molar-refractivity contribution in [2.75, 3.05) is 7.11 Å². The van der Waals surface area contributed by atoms with Gasteiger partial charge in [0.2, 0.25) is 0 Å². The number of hydrogen-bond acceptors (Lipinski definition) is 2. The van der Waals surface area contributed by atoms with E-state index in [1.54, 1.807) is 19.2 Å². The molecule has 1 aromatic carbocycles. The first-order valence-corrected chi connectivity index (χ1v) is 5.36. The molecule has 0 radical (unpaired) electrons. The number of ether oxygens (including phenoxy) is 1. The van der Waals surface area contributed by atoms with Gasteiger partial charge in [0.1, 0.15) is 5.75 Å². The maximum absolute atomic E-state index is 11.2. The van der Waals surface area contributed by atoms with E-state index >= 15 is 0 Å². The van der Waals surface area contributed by atoms with Gasteiger partial charge in [-0.05, 0) is 12.1 Å². The highest BCUT2D eigenvalue weighted by molar-refractivity contribution is 5.96. The molecule has 0 saturated carbocycles. The van der Waals surface area contributed by atoms with Crippen LogP contribution in [0.15, 0.2) is 24.3 Å². The molecule has 0 fully saturated rings. The van der Waals surface area contributed by atoms with Crippen LogP contribution in [0.4, 0.5) is 0 Å². The summed E-state index contributed by atoms with van der Waals surface area (Å²) in [4.78, 5) is 11.2. The van der Waals surface area contributed by atoms with Crippen LogP contribution in [0.2, 0.25) is 0 Å². The Kier molecular flexibility index (Phi) is 7.33. The van der Waals surface area contributed by atoms with Gasteiger partial charge < -0.3 is 4.74 Å². The molecule has 0 aromatic heterocycles. The first kappa shape index (κ1) is 13.7. The van der Waals surface area contributed by atoms with E-state index in [1.807, 2.05) is 19.1 Å². The normalized spacial score (nSPS) is 8.80. The van der Waals surface area contributed by atoms with E-state index in [1.165, 1.54) is 6.42 Å². The summed E-state index contributed by atoms with van der Waals surface area (Å²) in [5.41, 5.74) is 0.719. The first-order chi connectivity index (χ1) is 7.19. The van der Waals surface area contributed by atoms with Gasteiger partial charge in [-0.25, -0.2) is 0 Å². The van der Waals surface area contributed by atoms with Crippen molar-refractivity contribution in [1.82, 2.24) is 0 Å². The van der Waals surface area contributed by atoms with Gasteiger partial charge in [-0.3, -0.25) is 4.79 Å². The number of Topliss-reactive ketones (excluding diaryl/α,β-unsaturated/α-hetero) is 1. The molecule has 1 aromatic rings. The predicted octanol–water partition coefficient (Wildman–Crippen LogP) is 3.70. The van der Waals surface area contributed by atoms with Gasteiger partial charge in [0.15, 0.2) is 5.78 Å². The van der Waals surface area contributed by atoms with Gasteiger partial charge in [0.05, 0.1) is 7.11 Å². The number of carbonyl (C=O) groups excluding carboxylic acids is 1. The Hall–Kier alpha value is -1.31. The number of rotatable bonds is 3. The molecule has 0 amide bonds. The van der Waals surface area contributed by atoms with E-state index in [0.717, 1.165) is 11.3 Å². The molecule has 0 heterocycles. The molecule has 0 bridgehead atoms. The van der Waals surface area contributed by atoms with E-state index in [2.05, 4.69) is 13.8 Å². The van der Waals surface area contributed by atoms with Crippen molar-refractivity contribution in [2.24, 2.45) is 0 Å². The molecule has 0 saturated heterocycles. The SMILES string of the molecule is CCC.CCC(=O)c1cccc(OC)c1. The molecule has 0 atom stereocenters. The fourth-order valence-corrected chi connectivity index (χ4v) is 1.00. The second-order valence-corrected chi connectivity index (χ2v) is 3.22. The summed E-state index contributed by atoms with van der Waals surface area (Å²) in [5.74, 6) is 0.878. The van der Waals surface area contributed by atoms with Crippen LogP contribution in [0.1, 0.15) is 44.0 Å². The molecule has 1 rings (SSSR count). The zero-order valence-electron chi connectivity index (χ0n) is 10.0.